The molecular formula is C19H37N3O6. The molecule has 0 rings (SSSR count). The van der Waals surface area contributed by atoms with Crippen LogP contribution in [0.5, 0.6) is 0 Å². The second-order valence-corrected chi connectivity index (χ2v) is 8.55. The smallest absolute Gasteiger partial charge is 0.407 e. The molecule has 0 radical (unpaired) electrons. The van der Waals surface area contributed by atoms with Crippen molar-refractivity contribution in [1.29, 1.82) is 0 Å². The van der Waals surface area contributed by atoms with Crippen LogP contribution in [-0.4, -0.2) is 72.1 Å². The van der Waals surface area contributed by atoms with E-state index in [-0.39, 0.29) is 6.42 Å². The minimum absolute atomic E-state index is 0.0407. The molecule has 0 aromatic heterocycles. The number of amides is 2. The van der Waals surface area contributed by atoms with E-state index in [2.05, 4.69) is 10.6 Å². The summed E-state index contributed by atoms with van der Waals surface area (Å²) in [6.07, 6.45) is 0.438. The number of hydrogen-bond acceptors (Lipinski definition) is 6. The number of aliphatic carboxylic acids is 1. The number of nitrogens with one attached hydrogen (secondary N) is 2. The number of carboxylic acids is 1. The molecule has 3 N–H and O–H groups in total. The lowest BCUT2D eigenvalue weighted by atomic mass is 10.2. The second kappa shape index (κ2) is 12.4. The molecule has 0 atom stereocenters. The largest absolute Gasteiger partial charge is 0.481 e. The lowest BCUT2D eigenvalue weighted by Gasteiger charge is -2.23. The van der Waals surface area contributed by atoms with Gasteiger partial charge in [0.2, 0.25) is 0 Å². The fraction of sp³-hybridized carbons (Fsp3) is 0.842. The Bertz CT molecular complexity index is 461. The molecule has 0 aromatic rings. The minimum Gasteiger partial charge on any atom is -0.481 e. The maximum absolute atomic E-state index is 11.6. The van der Waals surface area contributed by atoms with Crippen molar-refractivity contribution in [2.24, 2.45) is 0 Å². The molecule has 0 bridgehead atoms. The molecule has 0 saturated heterocycles. The number of alkyl carbamates (subject to hydrolysis) is 2. The number of ether oxygens (including phenoxy) is 2. The zero-order valence-electron chi connectivity index (χ0n) is 18.1. The van der Waals surface area contributed by atoms with Crippen LogP contribution in [0.3, 0.4) is 0 Å². The predicted octanol–water partition coefficient (Wildman–Crippen LogP) is 2.59. The topological polar surface area (TPSA) is 117 Å². The number of carbonyl (C=O) groups is 3. The van der Waals surface area contributed by atoms with E-state index >= 15 is 0 Å². The van der Waals surface area contributed by atoms with E-state index in [1.54, 1.807) is 41.5 Å². The van der Waals surface area contributed by atoms with Gasteiger partial charge in [0.1, 0.15) is 11.2 Å². The Labute approximate surface area is 168 Å². The van der Waals surface area contributed by atoms with E-state index in [9.17, 15) is 14.4 Å². The Hall–Kier alpha value is -2.03. The number of nitrogens with zero attached hydrogens (tertiary/aromatic N) is 1. The predicted molar refractivity (Wildman–Crippen MR) is 106 cm³/mol. The normalized spacial score (nSPS) is 11.8. The molecule has 9 nitrogen and oxygen atoms in total. The zero-order chi connectivity index (χ0) is 21.8. The van der Waals surface area contributed by atoms with Crippen molar-refractivity contribution in [3.05, 3.63) is 0 Å². The fourth-order valence-corrected chi connectivity index (χ4v) is 2.20. The highest BCUT2D eigenvalue weighted by Gasteiger charge is 2.17. The molecule has 0 heterocycles. The Morgan fingerprint density at radius 3 is 1.50 bits per heavy atom. The van der Waals surface area contributed by atoms with E-state index in [0.29, 0.717) is 45.6 Å². The van der Waals surface area contributed by atoms with Gasteiger partial charge >= 0.3 is 18.2 Å². The van der Waals surface area contributed by atoms with Gasteiger partial charge in [0.15, 0.2) is 0 Å². The number of rotatable bonds is 11. The standard InChI is InChI=1S/C19H37N3O6/c1-18(2,3)27-16(25)20-10-7-12-22(14-9-15(23)24)13-8-11-21-17(26)28-19(4,5)6/h7-14H2,1-6H3,(H,20,25)(H,21,26)(H,23,24). The first-order valence-corrected chi connectivity index (χ1v) is 9.66. The molecule has 9 heteroatoms. The molecule has 2 amide bonds. The molecule has 0 spiro atoms. The van der Waals surface area contributed by atoms with Crippen molar-refractivity contribution >= 4 is 18.2 Å². The molecule has 0 aliphatic heterocycles. The number of hydrogen-bond donors (Lipinski definition) is 3. The Morgan fingerprint density at radius 2 is 1.18 bits per heavy atom. The van der Waals surface area contributed by atoms with Gasteiger partial charge < -0.3 is 30.1 Å². The van der Waals surface area contributed by atoms with Crippen LogP contribution in [0.1, 0.15) is 60.8 Å². The van der Waals surface area contributed by atoms with Crippen LogP contribution >= 0.6 is 0 Å². The van der Waals surface area contributed by atoms with Gasteiger partial charge in [-0.1, -0.05) is 0 Å². The van der Waals surface area contributed by atoms with E-state index in [1.165, 1.54) is 0 Å². The molecule has 0 aromatic carbocycles. The fourth-order valence-electron chi connectivity index (χ4n) is 2.20. The Kier molecular flexibility index (Phi) is 11.5. The highest BCUT2D eigenvalue weighted by Crippen LogP contribution is 2.07. The van der Waals surface area contributed by atoms with Gasteiger partial charge in [0.05, 0.1) is 6.42 Å². The molecule has 164 valence electrons. The van der Waals surface area contributed by atoms with Crippen LogP contribution in [-0.2, 0) is 14.3 Å². The van der Waals surface area contributed by atoms with E-state index in [1.807, 2.05) is 4.90 Å². The summed E-state index contributed by atoms with van der Waals surface area (Å²) in [6, 6.07) is 0. The summed E-state index contributed by atoms with van der Waals surface area (Å²) >= 11 is 0. The van der Waals surface area contributed by atoms with Gasteiger partial charge in [0, 0.05) is 19.6 Å². The first-order valence-electron chi connectivity index (χ1n) is 9.66. The SMILES string of the molecule is CC(C)(C)OC(=O)NCCCN(CCCNC(=O)OC(C)(C)C)CCC(=O)O. The molecule has 0 aliphatic carbocycles. The van der Waals surface area contributed by atoms with Crippen LogP contribution in [0.4, 0.5) is 9.59 Å². The summed E-state index contributed by atoms with van der Waals surface area (Å²) in [5, 5.41) is 14.3. The first-order chi connectivity index (χ1) is 12.8. The summed E-state index contributed by atoms with van der Waals surface area (Å²) in [7, 11) is 0. The van der Waals surface area contributed by atoms with Crippen molar-refractivity contribution in [3.8, 4) is 0 Å². The summed E-state index contributed by atoms with van der Waals surface area (Å²) in [6.45, 7) is 13.3. The molecule has 28 heavy (non-hydrogen) atoms. The second-order valence-electron chi connectivity index (χ2n) is 8.55. The van der Waals surface area contributed by atoms with Gasteiger partial charge in [-0.25, -0.2) is 9.59 Å². The van der Waals surface area contributed by atoms with Crippen LogP contribution in [0.2, 0.25) is 0 Å². The lowest BCUT2D eigenvalue weighted by molar-refractivity contribution is -0.137. The summed E-state index contributed by atoms with van der Waals surface area (Å²) < 4.78 is 10.3. The third-order valence-electron chi connectivity index (χ3n) is 3.28. The average molecular weight is 404 g/mol. The maximum Gasteiger partial charge on any atom is 0.407 e. The molecule has 0 fully saturated rings. The van der Waals surface area contributed by atoms with Gasteiger partial charge in [-0.2, -0.15) is 0 Å². The molecule has 0 saturated carbocycles. The number of carboxylic acid groups (broad SMARTS) is 1. The van der Waals surface area contributed by atoms with Crippen LogP contribution in [0, 0.1) is 0 Å². The highest BCUT2D eigenvalue weighted by molar-refractivity contribution is 5.68. The third-order valence-corrected chi connectivity index (χ3v) is 3.28. The first kappa shape index (κ1) is 26.0. The highest BCUT2D eigenvalue weighted by atomic mass is 16.6. The van der Waals surface area contributed by atoms with Crippen molar-refractivity contribution in [2.45, 2.75) is 72.0 Å². The van der Waals surface area contributed by atoms with Crippen molar-refractivity contribution in [3.63, 3.8) is 0 Å². The third kappa shape index (κ3) is 17.4. The van der Waals surface area contributed by atoms with Gasteiger partial charge in [-0.3, -0.25) is 4.79 Å². The molecular weight excluding hydrogens is 366 g/mol. The summed E-state index contributed by atoms with van der Waals surface area (Å²) in [4.78, 5) is 36.1. The van der Waals surface area contributed by atoms with Crippen molar-refractivity contribution in [1.82, 2.24) is 15.5 Å². The van der Waals surface area contributed by atoms with Gasteiger partial charge in [-0.15, -0.1) is 0 Å². The lowest BCUT2D eigenvalue weighted by Crippen LogP contribution is -2.36. The minimum atomic E-state index is -0.858. The van der Waals surface area contributed by atoms with E-state index in [0.717, 1.165) is 0 Å². The van der Waals surface area contributed by atoms with Crippen LogP contribution in [0.25, 0.3) is 0 Å². The van der Waals surface area contributed by atoms with Crippen LogP contribution < -0.4 is 10.6 Å². The monoisotopic (exact) mass is 403 g/mol. The van der Waals surface area contributed by atoms with Gasteiger partial charge in [0.25, 0.3) is 0 Å². The van der Waals surface area contributed by atoms with E-state index < -0.39 is 29.4 Å². The van der Waals surface area contributed by atoms with Crippen molar-refractivity contribution in [2.75, 3.05) is 32.7 Å². The molecule has 0 aliphatic rings. The average Bonchev–Trinajstić information content (AvgIpc) is 2.48. The maximum atomic E-state index is 11.6. The summed E-state index contributed by atoms with van der Waals surface area (Å²) in [5.41, 5.74) is -1.09. The molecule has 0 unspecified atom stereocenters. The van der Waals surface area contributed by atoms with Crippen molar-refractivity contribution < 1.29 is 29.0 Å². The van der Waals surface area contributed by atoms with E-state index in [4.69, 9.17) is 14.6 Å². The summed E-state index contributed by atoms with van der Waals surface area (Å²) in [5.74, 6) is -0.858. The number of carbonyl (C=O) groups excluding carboxylic acids is 2. The Balaban J connectivity index is 4.17. The quantitative estimate of drug-likeness (QED) is 0.454. The van der Waals surface area contributed by atoms with Gasteiger partial charge in [-0.05, 0) is 67.5 Å². The zero-order valence-corrected chi connectivity index (χ0v) is 18.1. The van der Waals surface area contributed by atoms with Crippen LogP contribution in [0.15, 0.2) is 0 Å². The Morgan fingerprint density at radius 1 is 0.786 bits per heavy atom.